The smallest absolute Gasteiger partial charge is 0.189 e. The average molecular weight is 409 g/mol. The summed E-state index contributed by atoms with van der Waals surface area (Å²) in [6, 6.07) is 4.54. The molecule has 5 nitrogen and oxygen atoms in total. The van der Waals surface area contributed by atoms with Crippen LogP contribution in [0.25, 0.3) is 0 Å². The van der Waals surface area contributed by atoms with Gasteiger partial charge in [-0.05, 0) is 32.4 Å². The molecule has 0 bridgehead atoms. The van der Waals surface area contributed by atoms with E-state index >= 15 is 0 Å². The monoisotopic (exact) mass is 408 g/mol. The lowest BCUT2D eigenvalue weighted by molar-refractivity contribution is 0.0213. The lowest BCUT2D eigenvalue weighted by atomic mass is 10.0. The third-order valence-corrected chi connectivity index (χ3v) is 5.76. The molecule has 6 heteroatoms. The van der Waals surface area contributed by atoms with Crippen LogP contribution in [0.15, 0.2) is 23.8 Å². The Balaban J connectivity index is 2.98. The van der Waals surface area contributed by atoms with Gasteiger partial charge in [0.1, 0.15) is 29.4 Å². The molecule has 0 aliphatic carbocycles. The predicted molar refractivity (Wildman–Crippen MR) is 117 cm³/mol. The van der Waals surface area contributed by atoms with Gasteiger partial charge in [0.05, 0.1) is 7.11 Å². The average Bonchev–Trinajstić information content (AvgIpc) is 2.59. The van der Waals surface area contributed by atoms with Gasteiger partial charge < -0.3 is 18.9 Å². The molecule has 0 amide bonds. The van der Waals surface area contributed by atoms with Gasteiger partial charge >= 0.3 is 0 Å². The number of rotatable bonds is 13. The predicted octanol–water partition coefficient (Wildman–Crippen LogP) is 5.71. The van der Waals surface area contributed by atoms with E-state index in [0.717, 1.165) is 12.5 Å². The second kappa shape index (κ2) is 11.9. The van der Waals surface area contributed by atoms with Gasteiger partial charge in [-0.2, -0.15) is 0 Å². The molecule has 0 spiro atoms. The fourth-order valence-electron chi connectivity index (χ4n) is 2.40. The molecule has 0 aliphatic rings. The van der Waals surface area contributed by atoms with Crippen molar-refractivity contribution in [2.45, 2.75) is 59.3 Å². The highest BCUT2D eigenvalue weighted by atomic mass is 28.3. The first kappa shape index (κ1) is 24.2. The highest BCUT2D eigenvalue weighted by molar-refractivity contribution is 6.76. The van der Waals surface area contributed by atoms with Crippen molar-refractivity contribution in [3.05, 3.63) is 29.3 Å². The fourth-order valence-corrected chi connectivity index (χ4v) is 3.15. The normalized spacial score (nSPS) is 11.1. The van der Waals surface area contributed by atoms with Crippen LogP contribution >= 0.6 is 0 Å². The van der Waals surface area contributed by atoms with Crippen molar-refractivity contribution in [1.82, 2.24) is 0 Å². The molecule has 1 aromatic rings. The third kappa shape index (κ3) is 8.93. The third-order valence-electron chi connectivity index (χ3n) is 4.05. The molecular weight excluding hydrogens is 372 g/mol. The Hall–Kier alpha value is -1.79. The maximum atomic E-state index is 12.6. The molecule has 0 atom stereocenters. The summed E-state index contributed by atoms with van der Waals surface area (Å²) < 4.78 is 22.7. The summed E-state index contributed by atoms with van der Waals surface area (Å²) in [6.07, 6.45) is 3.18. The van der Waals surface area contributed by atoms with Gasteiger partial charge in [-0.15, -0.1) is 0 Å². The number of hydrogen-bond acceptors (Lipinski definition) is 5. The molecule has 1 rings (SSSR count). The van der Waals surface area contributed by atoms with E-state index in [0.29, 0.717) is 42.4 Å². The van der Waals surface area contributed by atoms with Crippen LogP contribution in [-0.2, 0) is 4.74 Å². The number of allylic oxidation sites excluding steroid dienone is 1. The summed E-state index contributed by atoms with van der Waals surface area (Å²) in [4.78, 5) is 12.6. The second-order valence-corrected chi connectivity index (χ2v) is 13.9. The Labute approximate surface area is 171 Å². The molecule has 0 fully saturated rings. The summed E-state index contributed by atoms with van der Waals surface area (Å²) in [6.45, 7) is 14.1. The number of carbonyl (C=O) groups is 1. The Bertz CT molecular complexity index is 658. The van der Waals surface area contributed by atoms with Crippen molar-refractivity contribution in [3.63, 3.8) is 0 Å². The maximum absolute atomic E-state index is 12.6. The molecule has 0 saturated carbocycles. The Morgan fingerprint density at radius 1 is 1.11 bits per heavy atom. The minimum Gasteiger partial charge on any atom is -0.496 e. The standard InChI is InChI=1S/C22H36O5Si/c1-8-9-19(23)22-20(24-4)14-18(26-11-10-17(2)3)15-21(22)27-16-25-12-13-28(5,6)7/h10,14-15H,8-9,11-13,16H2,1-7H3. The van der Waals surface area contributed by atoms with Crippen LogP contribution in [0.5, 0.6) is 17.2 Å². The molecule has 0 N–H and O–H groups in total. The molecule has 0 radical (unpaired) electrons. The number of methoxy groups -OCH3 is 1. The van der Waals surface area contributed by atoms with Crippen molar-refractivity contribution in [1.29, 1.82) is 0 Å². The highest BCUT2D eigenvalue weighted by Gasteiger charge is 2.20. The van der Waals surface area contributed by atoms with Gasteiger partial charge in [-0.3, -0.25) is 4.79 Å². The van der Waals surface area contributed by atoms with Crippen molar-refractivity contribution in [2.75, 3.05) is 27.1 Å². The van der Waals surface area contributed by atoms with Gasteiger partial charge in [0, 0.05) is 33.2 Å². The molecule has 0 heterocycles. The van der Waals surface area contributed by atoms with E-state index < -0.39 is 8.07 Å². The van der Waals surface area contributed by atoms with Crippen molar-refractivity contribution < 1.29 is 23.7 Å². The van der Waals surface area contributed by atoms with E-state index in [9.17, 15) is 4.79 Å². The van der Waals surface area contributed by atoms with Gasteiger partial charge in [0.15, 0.2) is 12.6 Å². The first-order chi connectivity index (χ1) is 13.2. The van der Waals surface area contributed by atoms with Crippen LogP contribution in [0, 0.1) is 0 Å². The van der Waals surface area contributed by atoms with Crippen molar-refractivity contribution >= 4 is 13.9 Å². The molecule has 1 aromatic carbocycles. The van der Waals surface area contributed by atoms with Crippen molar-refractivity contribution in [2.24, 2.45) is 0 Å². The summed E-state index contributed by atoms with van der Waals surface area (Å²) in [5.41, 5.74) is 1.63. The van der Waals surface area contributed by atoms with Crippen LogP contribution in [0.1, 0.15) is 44.0 Å². The Morgan fingerprint density at radius 2 is 1.79 bits per heavy atom. The van der Waals surface area contributed by atoms with Gasteiger partial charge in [0.25, 0.3) is 0 Å². The summed E-state index contributed by atoms with van der Waals surface area (Å²) in [7, 11) is 0.394. The minimum atomic E-state index is -1.15. The number of carbonyl (C=O) groups excluding carboxylic acids is 1. The van der Waals surface area contributed by atoms with Gasteiger partial charge in [-0.1, -0.05) is 32.1 Å². The highest BCUT2D eigenvalue weighted by Crippen LogP contribution is 2.35. The molecule has 28 heavy (non-hydrogen) atoms. The number of ketones is 1. The largest absolute Gasteiger partial charge is 0.496 e. The quantitative estimate of drug-likeness (QED) is 0.137. The second-order valence-electron chi connectivity index (χ2n) is 8.25. The zero-order valence-electron chi connectivity index (χ0n) is 18.5. The fraction of sp³-hybridized carbons (Fsp3) is 0.591. The molecular formula is C22H36O5Si. The Morgan fingerprint density at radius 3 is 2.36 bits per heavy atom. The topological polar surface area (TPSA) is 54.0 Å². The molecule has 0 saturated heterocycles. The zero-order chi connectivity index (χ0) is 21.2. The summed E-state index contributed by atoms with van der Waals surface area (Å²) in [5.74, 6) is 1.50. The minimum absolute atomic E-state index is 0.00713. The van der Waals surface area contributed by atoms with E-state index in [2.05, 4.69) is 19.6 Å². The molecule has 0 aromatic heterocycles. The van der Waals surface area contributed by atoms with Gasteiger partial charge in [-0.25, -0.2) is 0 Å². The van der Waals surface area contributed by atoms with E-state index in [1.165, 1.54) is 5.57 Å². The summed E-state index contributed by atoms with van der Waals surface area (Å²) in [5, 5.41) is 0. The van der Waals surface area contributed by atoms with Crippen LogP contribution in [0.2, 0.25) is 25.7 Å². The number of Topliss-reactive ketones (excluding diaryl/α,β-unsaturated/α-hetero) is 1. The number of ether oxygens (including phenoxy) is 4. The summed E-state index contributed by atoms with van der Waals surface area (Å²) >= 11 is 0. The number of benzene rings is 1. The molecule has 0 aliphatic heterocycles. The van der Waals surface area contributed by atoms with Crippen LogP contribution < -0.4 is 14.2 Å². The lowest BCUT2D eigenvalue weighted by Crippen LogP contribution is -2.22. The Kier molecular flexibility index (Phi) is 10.3. The van der Waals surface area contributed by atoms with Crippen LogP contribution in [0.3, 0.4) is 0 Å². The first-order valence-electron chi connectivity index (χ1n) is 9.90. The van der Waals surface area contributed by atoms with E-state index in [1.807, 2.05) is 26.8 Å². The zero-order valence-corrected chi connectivity index (χ0v) is 19.5. The number of hydrogen-bond donors (Lipinski definition) is 0. The lowest BCUT2D eigenvalue weighted by Gasteiger charge is -2.18. The SMILES string of the molecule is CCCC(=O)c1c(OC)cc(OCC=C(C)C)cc1OCOCC[Si](C)(C)C. The van der Waals surface area contributed by atoms with E-state index in [1.54, 1.807) is 19.2 Å². The van der Waals surface area contributed by atoms with Crippen LogP contribution in [0.4, 0.5) is 0 Å². The molecule has 158 valence electrons. The maximum Gasteiger partial charge on any atom is 0.189 e. The van der Waals surface area contributed by atoms with E-state index in [4.69, 9.17) is 18.9 Å². The van der Waals surface area contributed by atoms with E-state index in [-0.39, 0.29) is 12.6 Å². The van der Waals surface area contributed by atoms with Crippen molar-refractivity contribution in [3.8, 4) is 17.2 Å². The van der Waals surface area contributed by atoms with Crippen LogP contribution in [-0.4, -0.2) is 41.0 Å². The molecule has 0 unspecified atom stereocenters. The van der Waals surface area contributed by atoms with Gasteiger partial charge in [0.2, 0.25) is 0 Å². The first-order valence-corrected chi connectivity index (χ1v) is 13.6.